The van der Waals surface area contributed by atoms with E-state index in [1.165, 1.54) is 18.5 Å². The van der Waals surface area contributed by atoms with Crippen LogP contribution in [0.5, 0.6) is 0 Å². The van der Waals surface area contributed by atoms with Crippen molar-refractivity contribution in [3.63, 3.8) is 0 Å². The number of carbonyl (C=O) groups is 3. The van der Waals surface area contributed by atoms with Gasteiger partial charge in [0, 0.05) is 47.8 Å². The van der Waals surface area contributed by atoms with E-state index in [-0.39, 0.29) is 17.3 Å². The zero-order chi connectivity index (χ0) is 23.2. The van der Waals surface area contributed by atoms with E-state index in [9.17, 15) is 23.2 Å². The molecule has 1 aliphatic carbocycles. The van der Waals surface area contributed by atoms with Gasteiger partial charge in [-0.15, -0.1) is 0 Å². The maximum Gasteiger partial charge on any atom is 0.267 e. The Morgan fingerprint density at radius 2 is 1.88 bits per heavy atom. The first-order valence-electron chi connectivity index (χ1n) is 9.90. The zero-order valence-corrected chi connectivity index (χ0v) is 17.3. The van der Waals surface area contributed by atoms with Crippen molar-refractivity contribution in [1.29, 1.82) is 0 Å². The lowest BCUT2D eigenvalue weighted by molar-refractivity contribution is -0.119. The molecule has 0 saturated heterocycles. The molecule has 1 fully saturated rings. The number of amides is 2. The molecule has 8 nitrogen and oxygen atoms in total. The normalized spacial score (nSPS) is 16.6. The molecule has 0 spiro atoms. The van der Waals surface area contributed by atoms with Crippen molar-refractivity contribution in [3.05, 3.63) is 47.5 Å². The number of nitrogens with two attached hydrogens (primary N) is 1. The van der Waals surface area contributed by atoms with Crippen LogP contribution in [0.15, 0.2) is 30.6 Å². The standard InChI is InChI=1S/C22H19F2N5O3/c1-3-17(30)16-4-10(2)13(9-26-16)12-5-11-8-27-18(6-15(11)28-19(12)20(25)31)29-21(32)14-7-22(14,23)24/h4-6,8-9,14H,3,7H2,1-2H3,(H2,25,31)(H,27,29,32)/t14-/m1/s1. The first kappa shape index (κ1) is 21.4. The number of hydrogen-bond acceptors (Lipinski definition) is 6. The molecule has 1 atom stereocenters. The molecule has 1 aliphatic rings. The number of carbonyl (C=O) groups excluding carboxylic acids is 3. The van der Waals surface area contributed by atoms with Crippen LogP contribution in [0.4, 0.5) is 14.6 Å². The Labute approximate surface area is 181 Å². The number of aryl methyl sites for hydroxylation is 1. The third-order valence-corrected chi connectivity index (χ3v) is 5.33. The van der Waals surface area contributed by atoms with Gasteiger partial charge < -0.3 is 11.1 Å². The molecule has 3 aromatic heterocycles. The van der Waals surface area contributed by atoms with Crippen LogP contribution < -0.4 is 11.1 Å². The molecule has 0 radical (unpaired) electrons. The van der Waals surface area contributed by atoms with E-state index in [1.807, 2.05) is 0 Å². The fourth-order valence-corrected chi connectivity index (χ4v) is 3.41. The van der Waals surface area contributed by atoms with Gasteiger partial charge in [-0.25, -0.2) is 18.7 Å². The van der Waals surface area contributed by atoms with E-state index in [4.69, 9.17) is 5.73 Å². The predicted molar refractivity (Wildman–Crippen MR) is 112 cm³/mol. The second-order valence-electron chi connectivity index (χ2n) is 7.68. The third kappa shape index (κ3) is 3.91. The number of alkyl halides is 2. The maximum absolute atomic E-state index is 13.1. The molecule has 2 amide bonds. The average Bonchev–Trinajstić information content (AvgIpc) is 3.40. The third-order valence-electron chi connectivity index (χ3n) is 5.33. The number of halogens is 2. The van der Waals surface area contributed by atoms with Crippen LogP contribution in [-0.4, -0.2) is 38.5 Å². The van der Waals surface area contributed by atoms with Crippen LogP contribution in [0, 0.1) is 12.8 Å². The number of pyridine rings is 3. The Balaban J connectivity index is 1.73. The van der Waals surface area contributed by atoms with Crippen LogP contribution in [0.3, 0.4) is 0 Å². The summed E-state index contributed by atoms with van der Waals surface area (Å²) in [6.45, 7) is 3.52. The highest BCUT2D eigenvalue weighted by Gasteiger charge is 2.61. The lowest BCUT2D eigenvalue weighted by atomic mass is 9.98. The molecule has 0 aromatic carbocycles. The van der Waals surface area contributed by atoms with Crippen LogP contribution in [0.2, 0.25) is 0 Å². The van der Waals surface area contributed by atoms with Crippen LogP contribution in [0.25, 0.3) is 22.0 Å². The SMILES string of the molecule is CCC(=O)c1cc(C)c(-c2cc3cnc(NC(=O)[C@H]4CC4(F)F)cc3nc2C(N)=O)cn1. The second kappa shape index (κ2) is 7.70. The fraction of sp³-hybridized carbons (Fsp3) is 0.273. The highest BCUT2D eigenvalue weighted by molar-refractivity contribution is 6.03. The Bertz CT molecular complexity index is 1290. The largest absolute Gasteiger partial charge is 0.364 e. The topological polar surface area (TPSA) is 128 Å². The van der Waals surface area contributed by atoms with Gasteiger partial charge in [-0.1, -0.05) is 6.92 Å². The number of nitrogens with one attached hydrogen (secondary N) is 1. The van der Waals surface area contributed by atoms with Gasteiger partial charge in [0.2, 0.25) is 5.91 Å². The summed E-state index contributed by atoms with van der Waals surface area (Å²) in [6, 6.07) is 4.68. The van der Waals surface area contributed by atoms with Gasteiger partial charge in [0.05, 0.1) is 5.52 Å². The van der Waals surface area contributed by atoms with Gasteiger partial charge >= 0.3 is 0 Å². The smallest absolute Gasteiger partial charge is 0.267 e. The van der Waals surface area contributed by atoms with Crippen molar-refractivity contribution in [2.45, 2.75) is 32.6 Å². The van der Waals surface area contributed by atoms with Gasteiger partial charge in [0.1, 0.15) is 23.1 Å². The summed E-state index contributed by atoms with van der Waals surface area (Å²) in [7, 11) is 0. The number of rotatable bonds is 6. The summed E-state index contributed by atoms with van der Waals surface area (Å²) < 4.78 is 26.2. The maximum atomic E-state index is 13.1. The van der Waals surface area contributed by atoms with Gasteiger partial charge in [0.15, 0.2) is 5.78 Å². The number of anilines is 1. The van der Waals surface area contributed by atoms with Crippen LogP contribution in [0.1, 0.15) is 46.3 Å². The van der Waals surface area contributed by atoms with Crippen molar-refractivity contribution < 1.29 is 23.2 Å². The number of aromatic nitrogens is 3. The number of hydrogen-bond donors (Lipinski definition) is 2. The number of ketones is 1. The first-order chi connectivity index (χ1) is 15.1. The Morgan fingerprint density at radius 3 is 2.47 bits per heavy atom. The quantitative estimate of drug-likeness (QED) is 0.567. The summed E-state index contributed by atoms with van der Waals surface area (Å²) in [6.07, 6.45) is 2.73. The van der Waals surface area contributed by atoms with Crippen molar-refractivity contribution in [2.75, 3.05) is 5.32 Å². The number of nitrogens with zero attached hydrogens (tertiary/aromatic N) is 3. The van der Waals surface area contributed by atoms with Gasteiger partial charge in [-0.2, -0.15) is 0 Å². The van der Waals surface area contributed by atoms with E-state index in [1.54, 1.807) is 26.0 Å². The predicted octanol–water partition coefficient (Wildman–Crippen LogP) is 3.29. The lowest BCUT2D eigenvalue weighted by Gasteiger charge is -2.12. The van der Waals surface area contributed by atoms with E-state index in [2.05, 4.69) is 20.3 Å². The molecular formula is C22H19F2N5O3. The molecule has 0 aliphatic heterocycles. The second-order valence-corrected chi connectivity index (χ2v) is 7.68. The fourth-order valence-electron chi connectivity index (χ4n) is 3.41. The minimum absolute atomic E-state index is 0.0332. The molecule has 3 heterocycles. The van der Waals surface area contributed by atoms with E-state index >= 15 is 0 Å². The molecule has 4 rings (SSSR count). The minimum atomic E-state index is -2.99. The molecule has 3 N–H and O–H groups in total. The molecule has 164 valence electrons. The zero-order valence-electron chi connectivity index (χ0n) is 17.3. The summed E-state index contributed by atoms with van der Waals surface area (Å²) in [5.74, 6) is -6.02. The van der Waals surface area contributed by atoms with Crippen molar-refractivity contribution in [2.24, 2.45) is 11.7 Å². The summed E-state index contributed by atoms with van der Waals surface area (Å²) in [4.78, 5) is 48.6. The Morgan fingerprint density at radius 1 is 1.16 bits per heavy atom. The monoisotopic (exact) mass is 439 g/mol. The summed E-state index contributed by atoms with van der Waals surface area (Å²) >= 11 is 0. The van der Waals surface area contributed by atoms with Gasteiger partial charge in [-0.3, -0.25) is 19.4 Å². The highest BCUT2D eigenvalue weighted by atomic mass is 19.3. The Kier molecular flexibility index (Phi) is 5.15. The molecule has 3 aromatic rings. The van der Waals surface area contributed by atoms with Crippen molar-refractivity contribution >= 4 is 34.3 Å². The van der Waals surface area contributed by atoms with E-state index in [0.29, 0.717) is 39.7 Å². The molecule has 1 saturated carbocycles. The highest BCUT2D eigenvalue weighted by Crippen LogP contribution is 2.49. The van der Waals surface area contributed by atoms with E-state index < -0.39 is 30.1 Å². The minimum Gasteiger partial charge on any atom is -0.364 e. The molecular weight excluding hydrogens is 420 g/mol. The summed E-state index contributed by atoms with van der Waals surface area (Å²) in [5, 5.41) is 2.88. The number of Topliss-reactive ketones (excluding diaryl/α,β-unsaturated/α-hetero) is 1. The number of fused-ring (bicyclic) bond motifs is 1. The first-order valence-corrected chi connectivity index (χ1v) is 9.90. The molecule has 10 heteroatoms. The van der Waals surface area contributed by atoms with E-state index in [0.717, 1.165) is 0 Å². The Hall–Kier alpha value is -3.82. The lowest BCUT2D eigenvalue weighted by Crippen LogP contribution is -2.18. The summed E-state index contributed by atoms with van der Waals surface area (Å²) in [5.41, 5.74) is 7.85. The molecule has 0 bridgehead atoms. The number of primary amides is 1. The van der Waals surface area contributed by atoms with Crippen LogP contribution in [-0.2, 0) is 4.79 Å². The van der Waals surface area contributed by atoms with Crippen molar-refractivity contribution in [1.82, 2.24) is 15.0 Å². The van der Waals surface area contributed by atoms with Crippen LogP contribution >= 0.6 is 0 Å². The van der Waals surface area contributed by atoms with Crippen molar-refractivity contribution in [3.8, 4) is 11.1 Å². The molecule has 32 heavy (non-hydrogen) atoms. The van der Waals surface area contributed by atoms with Gasteiger partial charge in [-0.05, 0) is 24.6 Å². The van der Waals surface area contributed by atoms with Gasteiger partial charge in [0.25, 0.3) is 11.8 Å². The molecule has 0 unspecified atom stereocenters. The average molecular weight is 439 g/mol.